The number of hydrogen-bond donors (Lipinski definition) is 1. The average Bonchev–Trinajstić information content (AvgIpc) is 2.79. The molecule has 10 heteroatoms. The maximum Gasteiger partial charge on any atom is 0.409 e. The number of benzene rings is 2. The number of piperazine rings is 1. The molecule has 1 aliphatic rings. The van der Waals surface area contributed by atoms with E-state index >= 15 is 0 Å². The van der Waals surface area contributed by atoms with Crippen LogP contribution in [0.4, 0.5) is 27.8 Å². The van der Waals surface area contributed by atoms with Gasteiger partial charge in [-0.15, -0.1) is 0 Å². The molecule has 0 radical (unpaired) electrons. The Kier molecular flexibility index (Phi) is 5.78. The molecule has 3 aromatic rings. The molecular formula is C21H22N6O4. The van der Waals surface area contributed by atoms with Gasteiger partial charge >= 0.3 is 11.8 Å². The monoisotopic (exact) mass is 422 g/mol. The van der Waals surface area contributed by atoms with Crippen molar-refractivity contribution in [2.24, 2.45) is 0 Å². The first-order chi connectivity index (χ1) is 15.1. The molecule has 2 aromatic carbocycles. The second-order valence-corrected chi connectivity index (χ2v) is 6.98. The number of carbonyl (C=O) groups excluding carboxylic acids is 1. The number of amides is 1. The number of rotatable bonds is 5. The molecule has 4 rings (SSSR count). The summed E-state index contributed by atoms with van der Waals surface area (Å²) in [5.74, 6) is 0.352. The third-order valence-corrected chi connectivity index (χ3v) is 5.13. The topological polar surface area (TPSA) is 114 Å². The number of nitrogens with zero attached hydrogens (tertiary/aromatic N) is 5. The molecule has 160 valence electrons. The van der Waals surface area contributed by atoms with E-state index in [0.29, 0.717) is 32.8 Å². The molecule has 0 unspecified atom stereocenters. The van der Waals surface area contributed by atoms with Crippen LogP contribution in [-0.2, 0) is 4.74 Å². The number of fused-ring (bicyclic) bond motifs is 1. The molecule has 1 aromatic heterocycles. The van der Waals surface area contributed by atoms with E-state index in [1.165, 1.54) is 6.33 Å². The van der Waals surface area contributed by atoms with Gasteiger partial charge in [0.1, 0.15) is 6.33 Å². The number of hydrogen-bond acceptors (Lipinski definition) is 8. The van der Waals surface area contributed by atoms with Crippen molar-refractivity contribution < 1.29 is 14.5 Å². The van der Waals surface area contributed by atoms with Gasteiger partial charge in [0.2, 0.25) is 11.6 Å². The lowest BCUT2D eigenvalue weighted by atomic mass is 10.1. The zero-order valence-corrected chi connectivity index (χ0v) is 17.0. The fraction of sp³-hybridized carbons (Fsp3) is 0.286. The Morgan fingerprint density at radius 2 is 1.87 bits per heavy atom. The van der Waals surface area contributed by atoms with Gasteiger partial charge in [-0.05, 0) is 18.4 Å². The second kappa shape index (κ2) is 8.82. The van der Waals surface area contributed by atoms with Crippen molar-refractivity contribution in [3.05, 3.63) is 58.9 Å². The summed E-state index contributed by atoms with van der Waals surface area (Å²) in [4.78, 5) is 35.1. The minimum atomic E-state index is -0.472. The van der Waals surface area contributed by atoms with Gasteiger partial charge in [-0.2, -0.15) is 0 Å². The van der Waals surface area contributed by atoms with E-state index in [9.17, 15) is 14.9 Å². The molecule has 10 nitrogen and oxygen atoms in total. The van der Waals surface area contributed by atoms with Crippen molar-refractivity contribution in [1.82, 2.24) is 14.9 Å². The van der Waals surface area contributed by atoms with Gasteiger partial charge in [0.25, 0.3) is 0 Å². The van der Waals surface area contributed by atoms with Gasteiger partial charge in [-0.3, -0.25) is 10.1 Å². The van der Waals surface area contributed by atoms with Crippen LogP contribution in [0.5, 0.6) is 0 Å². The van der Waals surface area contributed by atoms with Gasteiger partial charge in [-0.1, -0.05) is 36.4 Å². The molecule has 2 heterocycles. The van der Waals surface area contributed by atoms with E-state index in [1.807, 2.05) is 42.5 Å². The molecular weight excluding hydrogens is 400 g/mol. The largest absolute Gasteiger partial charge is 0.450 e. The maximum atomic E-state index is 12.0. The van der Waals surface area contributed by atoms with Crippen LogP contribution >= 0.6 is 0 Å². The van der Waals surface area contributed by atoms with Gasteiger partial charge in [0.05, 0.1) is 11.5 Å². The minimum Gasteiger partial charge on any atom is -0.450 e. The highest BCUT2D eigenvalue weighted by molar-refractivity contribution is 5.96. The minimum absolute atomic E-state index is 0.124. The molecule has 1 aliphatic heterocycles. The van der Waals surface area contributed by atoms with E-state index < -0.39 is 4.92 Å². The summed E-state index contributed by atoms with van der Waals surface area (Å²) >= 11 is 0. The average molecular weight is 422 g/mol. The van der Waals surface area contributed by atoms with E-state index in [1.54, 1.807) is 16.7 Å². The van der Waals surface area contributed by atoms with Crippen molar-refractivity contribution in [2.45, 2.75) is 6.92 Å². The highest BCUT2D eigenvalue weighted by Crippen LogP contribution is 2.35. The Balaban J connectivity index is 1.62. The van der Waals surface area contributed by atoms with Gasteiger partial charge in [0, 0.05) is 37.3 Å². The molecule has 1 N–H and O–H groups in total. The van der Waals surface area contributed by atoms with Crippen LogP contribution in [0.15, 0.2) is 48.8 Å². The first-order valence-corrected chi connectivity index (χ1v) is 9.99. The lowest BCUT2D eigenvalue weighted by Gasteiger charge is -2.34. The second-order valence-electron chi connectivity index (χ2n) is 6.98. The van der Waals surface area contributed by atoms with E-state index in [-0.39, 0.29) is 23.4 Å². The Hall–Kier alpha value is -3.95. The third-order valence-electron chi connectivity index (χ3n) is 5.13. The summed E-state index contributed by atoms with van der Waals surface area (Å²) in [6, 6.07) is 13.5. The van der Waals surface area contributed by atoms with E-state index in [4.69, 9.17) is 4.74 Å². The van der Waals surface area contributed by atoms with Crippen molar-refractivity contribution in [2.75, 3.05) is 43.0 Å². The smallest absolute Gasteiger partial charge is 0.409 e. The number of anilines is 3. The molecule has 0 saturated carbocycles. The zero-order valence-electron chi connectivity index (χ0n) is 17.0. The van der Waals surface area contributed by atoms with Crippen LogP contribution in [0, 0.1) is 10.1 Å². The fourth-order valence-electron chi connectivity index (χ4n) is 3.64. The van der Waals surface area contributed by atoms with Crippen LogP contribution in [0.3, 0.4) is 0 Å². The molecule has 1 amide bonds. The highest BCUT2D eigenvalue weighted by Gasteiger charge is 2.30. The summed E-state index contributed by atoms with van der Waals surface area (Å²) in [7, 11) is 0. The molecule has 0 aliphatic carbocycles. The van der Waals surface area contributed by atoms with Crippen LogP contribution < -0.4 is 10.2 Å². The van der Waals surface area contributed by atoms with Crippen molar-refractivity contribution in [3.8, 4) is 0 Å². The van der Waals surface area contributed by atoms with Crippen LogP contribution in [0.2, 0.25) is 0 Å². The first-order valence-electron chi connectivity index (χ1n) is 9.99. The number of carbonyl (C=O) groups is 1. The van der Waals surface area contributed by atoms with E-state index in [0.717, 1.165) is 16.5 Å². The van der Waals surface area contributed by atoms with E-state index in [2.05, 4.69) is 15.3 Å². The molecule has 31 heavy (non-hydrogen) atoms. The predicted octanol–water partition coefficient (Wildman–Crippen LogP) is 3.56. The lowest BCUT2D eigenvalue weighted by molar-refractivity contribution is -0.383. The van der Waals surface area contributed by atoms with Gasteiger partial charge < -0.3 is 19.9 Å². The molecule has 0 atom stereocenters. The fourth-order valence-corrected chi connectivity index (χ4v) is 3.64. The SMILES string of the molecule is CCOC(=O)N1CCN(c2ncnc(Nc3cccc4ccccc34)c2[N+](=O)[O-])CC1. The lowest BCUT2D eigenvalue weighted by Crippen LogP contribution is -2.49. The van der Waals surface area contributed by atoms with Crippen LogP contribution in [-0.4, -0.2) is 58.7 Å². The number of nitro groups is 1. The number of ether oxygens (including phenoxy) is 1. The summed E-state index contributed by atoms with van der Waals surface area (Å²) in [6.07, 6.45) is 0.936. The predicted molar refractivity (Wildman–Crippen MR) is 117 cm³/mol. The Morgan fingerprint density at radius 3 is 2.61 bits per heavy atom. The zero-order chi connectivity index (χ0) is 21.8. The normalized spacial score (nSPS) is 13.8. The van der Waals surface area contributed by atoms with Crippen molar-refractivity contribution >= 4 is 39.9 Å². The number of aromatic nitrogens is 2. The number of nitrogens with one attached hydrogen (secondary N) is 1. The standard InChI is InChI=1S/C21H22N6O4/c1-2-31-21(28)26-12-10-25(11-13-26)20-18(27(29)30)19(22-14-23-20)24-17-9-5-7-15-6-3-4-8-16(15)17/h3-9,14H,2,10-13H2,1H3,(H,22,23,24). The molecule has 0 bridgehead atoms. The van der Waals surface area contributed by atoms with Crippen LogP contribution in [0.1, 0.15) is 6.92 Å². The molecule has 0 spiro atoms. The van der Waals surface area contributed by atoms with Gasteiger partial charge in [0.15, 0.2) is 0 Å². The van der Waals surface area contributed by atoms with Crippen LogP contribution in [0.25, 0.3) is 10.8 Å². The van der Waals surface area contributed by atoms with Crippen molar-refractivity contribution in [1.29, 1.82) is 0 Å². The van der Waals surface area contributed by atoms with Gasteiger partial charge in [-0.25, -0.2) is 14.8 Å². The van der Waals surface area contributed by atoms with Crippen molar-refractivity contribution in [3.63, 3.8) is 0 Å². The Morgan fingerprint density at radius 1 is 1.13 bits per heavy atom. The summed E-state index contributed by atoms with van der Waals surface area (Å²) in [5, 5.41) is 17.0. The summed E-state index contributed by atoms with van der Waals surface area (Å²) in [6.45, 7) is 3.66. The molecule has 1 saturated heterocycles. The quantitative estimate of drug-likeness (QED) is 0.490. The third kappa shape index (κ3) is 4.18. The highest BCUT2D eigenvalue weighted by atomic mass is 16.6. The Bertz CT molecular complexity index is 1110. The Labute approximate surface area is 178 Å². The summed E-state index contributed by atoms with van der Waals surface area (Å²) < 4.78 is 5.03. The maximum absolute atomic E-state index is 12.0. The molecule has 1 fully saturated rings. The first kappa shape index (κ1) is 20.3. The summed E-state index contributed by atoms with van der Waals surface area (Å²) in [5.41, 5.74) is 0.526.